The SMILES string of the molecule is COc1ccc(N2c3ccccc3[C@H]3[C@H]4C(=O)N(C)C(=O)[C@H]4ON3[C@@H]2c2ccc([N+](=O)[O-])cc2)cc1. The second kappa shape index (κ2) is 8.14. The van der Waals surface area contributed by atoms with E-state index in [2.05, 4.69) is 0 Å². The number of nitro benzene ring substituents is 1. The van der Waals surface area contributed by atoms with Gasteiger partial charge in [-0.2, -0.15) is 5.06 Å². The number of fused-ring (bicyclic) bond motifs is 5. The fraction of sp³-hybridized carbons (Fsp3) is 0.231. The summed E-state index contributed by atoms with van der Waals surface area (Å²) in [5, 5.41) is 13.0. The normalized spacial score (nSPS) is 24.9. The minimum absolute atomic E-state index is 0.0336. The van der Waals surface area contributed by atoms with E-state index < -0.39 is 29.2 Å². The number of carbonyl (C=O) groups excluding carboxylic acids is 2. The van der Waals surface area contributed by atoms with Gasteiger partial charge in [0, 0.05) is 30.6 Å². The highest BCUT2D eigenvalue weighted by Gasteiger charge is 2.62. The Morgan fingerprint density at radius 1 is 0.944 bits per heavy atom. The highest BCUT2D eigenvalue weighted by atomic mass is 16.7. The molecule has 4 atom stereocenters. The molecular weight excluding hydrogens is 464 g/mol. The van der Waals surface area contributed by atoms with E-state index in [1.807, 2.05) is 53.4 Å². The number of amides is 2. The van der Waals surface area contributed by atoms with Crippen LogP contribution in [0.2, 0.25) is 0 Å². The molecule has 0 radical (unpaired) electrons. The Kier molecular flexibility index (Phi) is 5.02. The first kappa shape index (κ1) is 22.2. The predicted octanol–water partition coefficient (Wildman–Crippen LogP) is 3.73. The van der Waals surface area contributed by atoms with Crippen molar-refractivity contribution in [2.45, 2.75) is 18.3 Å². The van der Waals surface area contributed by atoms with Crippen molar-refractivity contribution in [1.29, 1.82) is 0 Å². The van der Waals surface area contributed by atoms with Crippen LogP contribution < -0.4 is 9.64 Å². The average Bonchev–Trinajstić information content (AvgIpc) is 3.40. The second-order valence-electron chi connectivity index (χ2n) is 8.94. The summed E-state index contributed by atoms with van der Waals surface area (Å²) in [4.78, 5) is 46.3. The number of nitro groups is 1. The Labute approximate surface area is 206 Å². The molecule has 2 amide bonds. The Morgan fingerprint density at radius 2 is 1.64 bits per heavy atom. The third kappa shape index (κ3) is 3.11. The zero-order chi connectivity index (χ0) is 25.1. The Bertz CT molecular complexity index is 1380. The minimum atomic E-state index is -0.933. The van der Waals surface area contributed by atoms with Crippen molar-refractivity contribution in [3.63, 3.8) is 0 Å². The van der Waals surface area contributed by atoms with Gasteiger partial charge in [0.15, 0.2) is 6.10 Å². The van der Waals surface area contributed by atoms with E-state index in [0.29, 0.717) is 11.3 Å². The van der Waals surface area contributed by atoms with Gasteiger partial charge < -0.3 is 9.64 Å². The van der Waals surface area contributed by atoms with Crippen molar-refractivity contribution >= 4 is 28.9 Å². The Hall–Kier alpha value is -4.28. The molecule has 2 saturated heterocycles. The summed E-state index contributed by atoms with van der Waals surface area (Å²) < 4.78 is 5.33. The molecule has 0 saturated carbocycles. The molecule has 6 rings (SSSR count). The van der Waals surface area contributed by atoms with Crippen LogP contribution in [-0.2, 0) is 14.4 Å². The lowest BCUT2D eigenvalue weighted by molar-refractivity contribution is -0.384. The number of ether oxygens (including phenoxy) is 1. The van der Waals surface area contributed by atoms with Crippen LogP contribution in [0.1, 0.15) is 23.3 Å². The maximum atomic E-state index is 13.1. The number of para-hydroxylation sites is 1. The molecule has 10 heteroatoms. The molecule has 0 spiro atoms. The largest absolute Gasteiger partial charge is 0.497 e. The van der Waals surface area contributed by atoms with E-state index >= 15 is 0 Å². The van der Waals surface area contributed by atoms with Crippen LogP contribution in [0.15, 0.2) is 72.8 Å². The van der Waals surface area contributed by atoms with Gasteiger partial charge in [0.2, 0.25) is 5.91 Å². The zero-order valence-electron chi connectivity index (χ0n) is 19.5. The van der Waals surface area contributed by atoms with Crippen molar-refractivity contribution in [2.75, 3.05) is 19.1 Å². The molecule has 0 unspecified atom stereocenters. The van der Waals surface area contributed by atoms with Gasteiger partial charge in [-0.25, -0.2) is 0 Å². The number of hydrogen-bond donors (Lipinski definition) is 0. The molecule has 182 valence electrons. The van der Waals surface area contributed by atoms with E-state index in [1.165, 1.54) is 19.2 Å². The summed E-state index contributed by atoms with van der Waals surface area (Å²) in [5.41, 5.74) is 3.21. The van der Waals surface area contributed by atoms with E-state index in [1.54, 1.807) is 24.3 Å². The standard InChI is InChI=1S/C26H22N4O6/c1-27-25(31)21-22-19-5-3-4-6-20(19)28(16-11-13-18(35-2)14-12-16)24(29(22)36-23(21)26(27)32)15-7-9-17(10-8-15)30(33)34/h3-14,21-24H,1-2H3/t21-,22+,23+,24-/m1/s1. The number of carbonyl (C=O) groups is 2. The van der Waals surface area contributed by atoms with Crippen LogP contribution >= 0.6 is 0 Å². The van der Waals surface area contributed by atoms with Gasteiger partial charge in [-0.05, 0) is 53.6 Å². The van der Waals surface area contributed by atoms with Gasteiger partial charge in [0.05, 0.1) is 24.0 Å². The molecule has 0 aliphatic carbocycles. The first-order chi connectivity index (χ1) is 17.4. The van der Waals surface area contributed by atoms with E-state index in [9.17, 15) is 19.7 Å². The fourth-order valence-electron chi connectivity index (χ4n) is 5.40. The van der Waals surface area contributed by atoms with Crippen molar-refractivity contribution in [3.05, 3.63) is 94.0 Å². The molecule has 3 heterocycles. The lowest BCUT2D eigenvalue weighted by Crippen LogP contribution is -2.45. The monoisotopic (exact) mass is 486 g/mol. The summed E-state index contributed by atoms with van der Waals surface area (Å²) in [5.74, 6) is -0.662. The lowest BCUT2D eigenvalue weighted by Gasteiger charge is -2.47. The number of nitrogens with zero attached hydrogens (tertiary/aromatic N) is 4. The van der Waals surface area contributed by atoms with Crippen molar-refractivity contribution in [3.8, 4) is 5.75 Å². The third-order valence-corrected chi connectivity index (χ3v) is 7.12. The number of methoxy groups -OCH3 is 1. The predicted molar refractivity (Wildman–Crippen MR) is 128 cm³/mol. The van der Waals surface area contributed by atoms with Crippen LogP contribution in [-0.4, -0.2) is 47.0 Å². The number of imide groups is 1. The molecule has 3 aliphatic rings. The highest BCUT2D eigenvalue weighted by Crippen LogP contribution is 2.56. The summed E-state index contributed by atoms with van der Waals surface area (Å²) in [6.45, 7) is 0. The Morgan fingerprint density at radius 3 is 2.31 bits per heavy atom. The number of hydroxylamine groups is 2. The number of rotatable bonds is 4. The van der Waals surface area contributed by atoms with Gasteiger partial charge in [-0.1, -0.05) is 18.2 Å². The smallest absolute Gasteiger partial charge is 0.269 e. The molecule has 0 N–H and O–H groups in total. The fourth-order valence-corrected chi connectivity index (χ4v) is 5.40. The quantitative estimate of drug-likeness (QED) is 0.312. The molecule has 3 aliphatic heterocycles. The molecule has 0 aromatic heterocycles. The number of likely N-dealkylation sites (N-methyl/N-ethyl adjacent to an activating group) is 1. The van der Waals surface area contributed by atoms with Gasteiger partial charge in [0.25, 0.3) is 11.6 Å². The maximum Gasteiger partial charge on any atom is 0.269 e. The second-order valence-corrected chi connectivity index (χ2v) is 8.94. The number of non-ortho nitro benzene ring substituents is 1. The maximum absolute atomic E-state index is 13.1. The molecular formula is C26H22N4O6. The van der Waals surface area contributed by atoms with Crippen molar-refractivity contribution in [1.82, 2.24) is 9.96 Å². The first-order valence-corrected chi connectivity index (χ1v) is 11.4. The van der Waals surface area contributed by atoms with Crippen molar-refractivity contribution < 1.29 is 24.1 Å². The van der Waals surface area contributed by atoms with Gasteiger partial charge in [-0.15, -0.1) is 0 Å². The number of hydrogen-bond acceptors (Lipinski definition) is 8. The third-order valence-electron chi connectivity index (χ3n) is 7.12. The average molecular weight is 486 g/mol. The van der Waals surface area contributed by atoms with Crippen molar-refractivity contribution in [2.24, 2.45) is 5.92 Å². The summed E-state index contributed by atoms with van der Waals surface area (Å²) >= 11 is 0. The first-order valence-electron chi connectivity index (χ1n) is 11.4. The molecule has 10 nitrogen and oxygen atoms in total. The summed E-state index contributed by atoms with van der Waals surface area (Å²) in [6.07, 6.45) is -1.53. The molecule has 3 aromatic rings. The molecule has 36 heavy (non-hydrogen) atoms. The van der Waals surface area contributed by atoms with Crippen LogP contribution in [0.3, 0.4) is 0 Å². The van der Waals surface area contributed by atoms with Gasteiger partial charge in [0.1, 0.15) is 11.9 Å². The van der Waals surface area contributed by atoms with Crippen LogP contribution in [0, 0.1) is 16.0 Å². The van der Waals surface area contributed by atoms with Crippen LogP contribution in [0.4, 0.5) is 17.1 Å². The summed E-state index contributed by atoms with van der Waals surface area (Å²) in [6, 6.07) is 21.0. The summed E-state index contributed by atoms with van der Waals surface area (Å²) in [7, 11) is 3.07. The number of benzene rings is 3. The Balaban J connectivity index is 1.56. The van der Waals surface area contributed by atoms with E-state index in [0.717, 1.165) is 21.8 Å². The zero-order valence-corrected chi connectivity index (χ0v) is 19.5. The van der Waals surface area contributed by atoms with Crippen LogP contribution in [0.25, 0.3) is 0 Å². The number of anilines is 2. The van der Waals surface area contributed by atoms with E-state index in [4.69, 9.17) is 9.57 Å². The molecule has 2 fully saturated rings. The number of likely N-dealkylation sites (tertiary alicyclic amines) is 1. The minimum Gasteiger partial charge on any atom is -0.497 e. The van der Waals surface area contributed by atoms with Gasteiger partial charge in [-0.3, -0.25) is 29.4 Å². The molecule has 0 bridgehead atoms. The van der Waals surface area contributed by atoms with E-state index in [-0.39, 0.29) is 17.5 Å². The van der Waals surface area contributed by atoms with Gasteiger partial charge >= 0.3 is 0 Å². The lowest BCUT2D eigenvalue weighted by atomic mass is 9.86. The highest BCUT2D eigenvalue weighted by molar-refractivity contribution is 6.07. The topological polar surface area (TPSA) is 105 Å². The van der Waals surface area contributed by atoms with Crippen LogP contribution in [0.5, 0.6) is 5.75 Å². The molecule has 3 aromatic carbocycles.